The minimum Gasteiger partial charge on any atom is -0.484 e. The Morgan fingerprint density at radius 2 is 2.04 bits per heavy atom. The van der Waals surface area contributed by atoms with E-state index < -0.39 is 0 Å². The van der Waals surface area contributed by atoms with Gasteiger partial charge in [0.15, 0.2) is 6.61 Å². The molecule has 1 saturated heterocycles. The lowest BCUT2D eigenvalue weighted by Crippen LogP contribution is -2.46. The summed E-state index contributed by atoms with van der Waals surface area (Å²) < 4.78 is 11.5. The Labute approximate surface area is 158 Å². The molecule has 2 heterocycles. The molecule has 7 heteroatoms. The molecular formula is C19H22ClN3O3. The molecule has 0 saturated carbocycles. The molecule has 0 radical (unpaired) electrons. The van der Waals surface area contributed by atoms with E-state index >= 15 is 0 Å². The minimum absolute atomic E-state index is 0.0000751. The molecule has 1 aromatic heterocycles. The third kappa shape index (κ3) is 5.08. The molecule has 1 unspecified atom stereocenters. The van der Waals surface area contributed by atoms with Crippen LogP contribution in [0.2, 0.25) is 5.02 Å². The van der Waals surface area contributed by atoms with Gasteiger partial charge in [-0.3, -0.25) is 4.79 Å². The largest absolute Gasteiger partial charge is 0.484 e. The van der Waals surface area contributed by atoms with Crippen molar-refractivity contribution in [2.75, 3.05) is 19.7 Å². The van der Waals surface area contributed by atoms with Gasteiger partial charge in [0, 0.05) is 23.3 Å². The number of amides is 1. The highest BCUT2D eigenvalue weighted by Gasteiger charge is 2.25. The van der Waals surface area contributed by atoms with Crippen LogP contribution in [-0.4, -0.2) is 46.6 Å². The van der Waals surface area contributed by atoms with Crippen molar-refractivity contribution in [2.45, 2.75) is 32.8 Å². The average Bonchev–Trinajstić information content (AvgIpc) is 2.60. The van der Waals surface area contributed by atoms with E-state index in [4.69, 9.17) is 21.1 Å². The Morgan fingerprint density at radius 3 is 2.77 bits per heavy atom. The van der Waals surface area contributed by atoms with Crippen molar-refractivity contribution in [3.05, 3.63) is 46.9 Å². The first-order valence-electron chi connectivity index (χ1n) is 8.64. The molecule has 1 aliphatic heterocycles. The number of nitrogens with zero attached hydrogens (tertiary/aromatic N) is 3. The molecule has 2 aromatic rings. The molecule has 1 aliphatic rings. The van der Waals surface area contributed by atoms with Gasteiger partial charge >= 0.3 is 0 Å². The molecule has 0 aliphatic carbocycles. The maximum atomic E-state index is 12.4. The predicted molar refractivity (Wildman–Crippen MR) is 98.7 cm³/mol. The molecule has 1 amide bonds. The zero-order valence-corrected chi connectivity index (χ0v) is 15.7. The van der Waals surface area contributed by atoms with Crippen molar-refractivity contribution >= 4 is 17.5 Å². The van der Waals surface area contributed by atoms with Crippen molar-refractivity contribution < 1.29 is 14.3 Å². The number of hydrogen-bond donors (Lipinski definition) is 0. The number of benzene rings is 1. The fourth-order valence-electron chi connectivity index (χ4n) is 2.94. The Balaban J connectivity index is 1.53. The van der Waals surface area contributed by atoms with Crippen molar-refractivity contribution in [1.82, 2.24) is 14.9 Å². The highest BCUT2D eigenvalue weighted by atomic mass is 35.5. The molecule has 0 bridgehead atoms. The maximum Gasteiger partial charge on any atom is 0.260 e. The first-order valence-corrected chi connectivity index (χ1v) is 9.02. The van der Waals surface area contributed by atoms with Crippen LogP contribution in [0.15, 0.2) is 30.3 Å². The zero-order valence-electron chi connectivity index (χ0n) is 14.9. The van der Waals surface area contributed by atoms with Crippen LogP contribution in [0.3, 0.4) is 0 Å². The Morgan fingerprint density at radius 1 is 1.27 bits per heavy atom. The number of halogens is 1. The second kappa shape index (κ2) is 8.36. The molecule has 138 valence electrons. The Kier molecular flexibility index (Phi) is 5.93. The smallest absolute Gasteiger partial charge is 0.260 e. The molecule has 6 nitrogen and oxygen atoms in total. The number of rotatable bonds is 5. The predicted octanol–water partition coefficient (Wildman–Crippen LogP) is 3.20. The van der Waals surface area contributed by atoms with Crippen LogP contribution in [0, 0.1) is 13.8 Å². The third-order valence-corrected chi connectivity index (χ3v) is 4.39. The van der Waals surface area contributed by atoms with Gasteiger partial charge in [0.1, 0.15) is 17.7 Å². The number of aromatic nitrogens is 2. The average molecular weight is 376 g/mol. The number of likely N-dealkylation sites (tertiary alicyclic amines) is 1. The second-order valence-corrected chi connectivity index (χ2v) is 6.80. The van der Waals surface area contributed by atoms with Crippen LogP contribution in [0.25, 0.3) is 0 Å². The summed E-state index contributed by atoms with van der Waals surface area (Å²) >= 11 is 5.84. The van der Waals surface area contributed by atoms with Gasteiger partial charge in [-0.2, -0.15) is 4.98 Å². The van der Waals surface area contributed by atoms with Gasteiger partial charge in [-0.05, 0) is 51.0 Å². The standard InChI is InChI=1S/C19H22ClN3O3/c1-13-10-18(22-14(2)21-13)26-17-4-3-9-23(11-17)19(24)12-25-16-7-5-15(20)6-8-16/h5-8,10,17H,3-4,9,11-12H2,1-2H3. The van der Waals surface area contributed by atoms with Gasteiger partial charge in [0.2, 0.25) is 5.88 Å². The quantitative estimate of drug-likeness (QED) is 0.803. The highest BCUT2D eigenvalue weighted by molar-refractivity contribution is 6.30. The monoisotopic (exact) mass is 375 g/mol. The van der Waals surface area contributed by atoms with E-state index in [1.165, 1.54) is 0 Å². The van der Waals surface area contributed by atoms with E-state index in [9.17, 15) is 4.79 Å². The van der Waals surface area contributed by atoms with E-state index in [-0.39, 0.29) is 18.6 Å². The van der Waals surface area contributed by atoms with Crippen molar-refractivity contribution in [3.8, 4) is 11.6 Å². The number of aryl methyl sites for hydroxylation is 2. The molecule has 3 rings (SSSR count). The van der Waals surface area contributed by atoms with Gasteiger partial charge in [0.25, 0.3) is 5.91 Å². The number of hydrogen-bond acceptors (Lipinski definition) is 5. The summed E-state index contributed by atoms with van der Waals surface area (Å²) in [6, 6.07) is 8.78. The van der Waals surface area contributed by atoms with Crippen LogP contribution in [-0.2, 0) is 4.79 Å². The van der Waals surface area contributed by atoms with Crippen LogP contribution in [0.5, 0.6) is 11.6 Å². The maximum absolute atomic E-state index is 12.4. The van der Waals surface area contributed by atoms with Crippen molar-refractivity contribution in [1.29, 1.82) is 0 Å². The lowest BCUT2D eigenvalue weighted by molar-refractivity contribution is -0.136. The summed E-state index contributed by atoms with van der Waals surface area (Å²) in [5.74, 6) is 1.81. The van der Waals surface area contributed by atoms with Crippen molar-refractivity contribution in [2.24, 2.45) is 0 Å². The van der Waals surface area contributed by atoms with Crippen LogP contribution in [0.1, 0.15) is 24.4 Å². The number of carbonyl (C=O) groups excluding carboxylic acids is 1. The first kappa shape index (κ1) is 18.5. The molecule has 0 N–H and O–H groups in total. The van der Waals surface area contributed by atoms with Gasteiger partial charge in [-0.25, -0.2) is 4.98 Å². The van der Waals surface area contributed by atoms with E-state index in [2.05, 4.69) is 9.97 Å². The fourth-order valence-corrected chi connectivity index (χ4v) is 3.07. The van der Waals surface area contributed by atoms with Gasteiger partial charge in [0.05, 0.1) is 6.54 Å². The van der Waals surface area contributed by atoms with Crippen LogP contribution in [0.4, 0.5) is 0 Å². The number of ether oxygens (including phenoxy) is 2. The lowest BCUT2D eigenvalue weighted by Gasteiger charge is -2.32. The van der Waals surface area contributed by atoms with Crippen molar-refractivity contribution in [3.63, 3.8) is 0 Å². The lowest BCUT2D eigenvalue weighted by atomic mass is 10.1. The van der Waals surface area contributed by atoms with E-state index in [0.29, 0.717) is 35.6 Å². The Hall–Kier alpha value is -2.34. The van der Waals surface area contributed by atoms with E-state index in [0.717, 1.165) is 18.5 Å². The van der Waals surface area contributed by atoms with Gasteiger partial charge in [-0.15, -0.1) is 0 Å². The summed E-state index contributed by atoms with van der Waals surface area (Å²) in [5, 5.41) is 0.634. The summed E-state index contributed by atoms with van der Waals surface area (Å²) in [4.78, 5) is 22.8. The van der Waals surface area contributed by atoms with Crippen LogP contribution >= 0.6 is 11.6 Å². The molecule has 1 atom stereocenters. The van der Waals surface area contributed by atoms with Crippen LogP contribution < -0.4 is 9.47 Å². The summed E-state index contributed by atoms with van der Waals surface area (Å²) in [6.45, 7) is 4.99. The zero-order chi connectivity index (χ0) is 18.5. The molecule has 0 spiro atoms. The SMILES string of the molecule is Cc1cc(OC2CCCN(C(=O)COc3ccc(Cl)cc3)C2)nc(C)n1. The normalized spacial score (nSPS) is 17.0. The summed E-state index contributed by atoms with van der Waals surface area (Å²) in [7, 11) is 0. The fraction of sp³-hybridized carbons (Fsp3) is 0.421. The van der Waals surface area contributed by atoms with E-state index in [1.807, 2.05) is 19.9 Å². The van der Waals surface area contributed by atoms with Gasteiger partial charge in [-0.1, -0.05) is 11.6 Å². The minimum atomic E-state index is -0.0723. The Bertz CT molecular complexity index is 747. The topological polar surface area (TPSA) is 64.5 Å². The third-order valence-electron chi connectivity index (χ3n) is 4.14. The molecule has 1 aromatic carbocycles. The molecule has 26 heavy (non-hydrogen) atoms. The summed E-state index contributed by atoms with van der Waals surface area (Å²) in [5.41, 5.74) is 0.868. The molecule has 1 fully saturated rings. The molecular weight excluding hydrogens is 354 g/mol. The highest BCUT2D eigenvalue weighted by Crippen LogP contribution is 2.19. The number of carbonyl (C=O) groups is 1. The number of piperidine rings is 1. The first-order chi connectivity index (χ1) is 12.5. The second-order valence-electron chi connectivity index (χ2n) is 6.36. The summed E-state index contributed by atoms with van der Waals surface area (Å²) in [6.07, 6.45) is 1.71. The van der Waals surface area contributed by atoms with Gasteiger partial charge < -0.3 is 14.4 Å². The van der Waals surface area contributed by atoms with E-state index in [1.54, 1.807) is 29.2 Å².